The zero-order chi connectivity index (χ0) is 17.6. The topological polar surface area (TPSA) is 72.5 Å². The predicted octanol–water partition coefficient (Wildman–Crippen LogP) is 2.55. The monoisotopic (exact) mass is 349 g/mol. The number of benzene rings is 2. The standard InChI is InChI=1S/C17H16FNO4S/c1-2-10-23-14-7-5-6-13(11-14)16(20)12-19-24(21,22)17-9-4-3-8-15(17)18/h2-9,11,19H,1,10,12H2. The van der Waals surface area contributed by atoms with E-state index in [0.29, 0.717) is 5.75 Å². The van der Waals surface area contributed by atoms with E-state index < -0.39 is 33.1 Å². The van der Waals surface area contributed by atoms with Gasteiger partial charge in [0.05, 0.1) is 6.54 Å². The molecular formula is C17H16FNO4S. The van der Waals surface area contributed by atoms with Crippen LogP contribution in [0, 0.1) is 5.82 Å². The average Bonchev–Trinajstić information content (AvgIpc) is 2.58. The minimum Gasteiger partial charge on any atom is -0.490 e. The molecular weight excluding hydrogens is 333 g/mol. The van der Waals surface area contributed by atoms with Gasteiger partial charge >= 0.3 is 0 Å². The Kier molecular flexibility index (Phi) is 5.83. The maximum absolute atomic E-state index is 13.6. The van der Waals surface area contributed by atoms with Gasteiger partial charge in [-0.2, -0.15) is 0 Å². The van der Waals surface area contributed by atoms with E-state index in [1.807, 2.05) is 0 Å². The van der Waals surface area contributed by atoms with Crippen molar-refractivity contribution in [3.8, 4) is 5.75 Å². The zero-order valence-corrected chi connectivity index (χ0v) is 13.6. The number of sulfonamides is 1. The number of ether oxygens (including phenoxy) is 1. The first kappa shape index (κ1) is 17.8. The Morgan fingerprint density at radius 3 is 2.67 bits per heavy atom. The number of Topliss-reactive ketones (excluding diaryl/α,β-unsaturated/α-hetero) is 1. The van der Waals surface area contributed by atoms with Gasteiger partial charge in [-0.25, -0.2) is 17.5 Å². The van der Waals surface area contributed by atoms with Crippen LogP contribution in [0.3, 0.4) is 0 Å². The van der Waals surface area contributed by atoms with Gasteiger partial charge < -0.3 is 4.74 Å². The van der Waals surface area contributed by atoms with Crippen molar-refractivity contribution in [1.82, 2.24) is 4.72 Å². The third kappa shape index (κ3) is 4.50. The van der Waals surface area contributed by atoms with Crippen LogP contribution in [0.25, 0.3) is 0 Å². The number of rotatable bonds is 8. The van der Waals surface area contributed by atoms with E-state index in [-0.39, 0.29) is 12.2 Å². The lowest BCUT2D eigenvalue weighted by Crippen LogP contribution is -2.30. The summed E-state index contributed by atoms with van der Waals surface area (Å²) in [6.07, 6.45) is 1.57. The van der Waals surface area contributed by atoms with Crippen molar-refractivity contribution in [2.24, 2.45) is 0 Å². The van der Waals surface area contributed by atoms with Gasteiger partial charge in [0, 0.05) is 5.56 Å². The predicted molar refractivity (Wildman–Crippen MR) is 88.1 cm³/mol. The summed E-state index contributed by atoms with van der Waals surface area (Å²) in [6.45, 7) is 3.33. The molecule has 24 heavy (non-hydrogen) atoms. The zero-order valence-electron chi connectivity index (χ0n) is 12.7. The van der Waals surface area contributed by atoms with Crippen LogP contribution in [0.15, 0.2) is 66.1 Å². The van der Waals surface area contributed by atoms with Gasteiger partial charge in [0.2, 0.25) is 10.0 Å². The average molecular weight is 349 g/mol. The molecule has 0 aliphatic heterocycles. The Bertz CT molecular complexity index is 849. The number of ketones is 1. The van der Waals surface area contributed by atoms with Gasteiger partial charge in [-0.15, -0.1) is 0 Å². The molecule has 0 aromatic heterocycles. The highest BCUT2D eigenvalue weighted by Crippen LogP contribution is 2.15. The number of carbonyl (C=O) groups excluding carboxylic acids is 1. The van der Waals surface area contributed by atoms with E-state index in [2.05, 4.69) is 11.3 Å². The first-order chi connectivity index (χ1) is 11.4. The molecule has 0 fully saturated rings. The van der Waals surface area contributed by atoms with Crippen molar-refractivity contribution < 1.29 is 22.3 Å². The second-order valence-corrected chi connectivity index (χ2v) is 6.54. The summed E-state index contributed by atoms with van der Waals surface area (Å²) in [7, 11) is -4.11. The summed E-state index contributed by atoms with van der Waals surface area (Å²) >= 11 is 0. The molecule has 0 bridgehead atoms. The molecule has 2 aromatic rings. The van der Waals surface area contributed by atoms with Gasteiger partial charge in [0.15, 0.2) is 5.78 Å². The number of hydrogen-bond donors (Lipinski definition) is 1. The maximum atomic E-state index is 13.6. The number of hydrogen-bond acceptors (Lipinski definition) is 4. The third-order valence-electron chi connectivity index (χ3n) is 3.07. The third-order valence-corrected chi connectivity index (χ3v) is 4.51. The maximum Gasteiger partial charge on any atom is 0.243 e. The second kappa shape index (κ2) is 7.85. The van der Waals surface area contributed by atoms with Crippen LogP contribution in [0.4, 0.5) is 4.39 Å². The normalized spacial score (nSPS) is 11.0. The van der Waals surface area contributed by atoms with E-state index in [1.54, 1.807) is 24.3 Å². The largest absolute Gasteiger partial charge is 0.490 e. The van der Waals surface area contributed by atoms with E-state index >= 15 is 0 Å². The van der Waals surface area contributed by atoms with Crippen molar-refractivity contribution in [3.05, 3.63) is 72.6 Å². The smallest absolute Gasteiger partial charge is 0.243 e. The van der Waals surface area contributed by atoms with Gasteiger partial charge in [0.1, 0.15) is 23.1 Å². The minimum atomic E-state index is -4.11. The van der Waals surface area contributed by atoms with Crippen molar-refractivity contribution in [2.75, 3.05) is 13.2 Å². The molecule has 2 rings (SSSR count). The van der Waals surface area contributed by atoms with Crippen molar-refractivity contribution >= 4 is 15.8 Å². The van der Waals surface area contributed by atoms with Crippen LogP contribution < -0.4 is 9.46 Å². The van der Waals surface area contributed by atoms with E-state index in [9.17, 15) is 17.6 Å². The summed E-state index contributed by atoms with van der Waals surface area (Å²) < 4.78 is 45.1. The lowest BCUT2D eigenvalue weighted by atomic mass is 10.1. The highest BCUT2D eigenvalue weighted by Gasteiger charge is 2.19. The highest BCUT2D eigenvalue weighted by molar-refractivity contribution is 7.89. The molecule has 0 aliphatic carbocycles. The van der Waals surface area contributed by atoms with Crippen LogP contribution in [0.2, 0.25) is 0 Å². The first-order valence-electron chi connectivity index (χ1n) is 7.05. The molecule has 0 unspecified atom stereocenters. The summed E-state index contributed by atoms with van der Waals surface area (Å²) in [6, 6.07) is 11.3. The lowest BCUT2D eigenvalue weighted by Gasteiger charge is -2.08. The molecule has 0 aliphatic rings. The van der Waals surface area contributed by atoms with Gasteiger partial charge in [-0.05, 0) is 24.3 Å². The summed E-state index contributed by atoms with van der Waals surface area (Å²) in [5, 5.41) is 0. The molecule has 5 nitrogen and oxygen atoms in total. The van der Waals surface area contributed by atoms with Gasteiger partial charge in [0.25, 0.3) is 0 Å². The Hall–Kier alpha value is -2.51. The van der Waals surface area contributed by atoms with Crippen LogP contribution >= 0.6 is 0 Å². The fraction of sp³-hybridized carbons (Fsp3) is 0.118. The van der Waals surface area contributed by atoms with Gasteiger partial charge in [-0.1, -0.05) is 36.9 Å². The number of carbonyl (C=O) groups is 1. The molecule has 0 saturated heterocycles. The number of nitrogens with one attached hydrogen (secondary N) is 1. The minimum absolute atomic E-state index is 0.285. The molecule has 0 spiro atoms. The van der Waals surface area contributed by atoms with E-state index in [1.165, 1.54) is 18.2 Å². The van der Waals surface area contributed by atoms with Crippen molar-refractivity contribution in [2.45, 2.75) is 4.90 Å². The van der Waals surface area contributed by atoms with E-state index in [4.69, 9.17) is 4.74 Å². The van der Waals surface area contributed by atoms with Crippen molar-refractivity contribution in [3.63, 3.8) is 0 Å². The Morgan fingerprint density at radius 1 is 1.21 bits per heavy atom. The second-order valence-electron chi connectivity index (χ2n) is 4.81. The van der Waals surface area contributed by atoms with Gasteiger partial charge in [-0.3, -0.25) is 4.79 Å². The molecule has 7 heteroatoms. The Balaban J connectivity index is 2.08. The fourth-order valence-corrected chi connectivity index (χ4v) is 2.98. The Morgan fingerprint density at radius 2 is 1.96 bits per heavy atom. The summed E-state index contributed by atoms with van der Waals surface area (Å²) in [5.41, 5.74) is 0.285. The first-order valence-corrected chi connectivity index (χ1v) is 8.53. The fourth-order valence-electron chi connectivity index (χ4n) is 1.92. The molecule has 126 valence electrons. The molecule has 0 heterocycles. The molecule has 0 amide bonds. The molecule has 0 saturated carbocycles. The van der Waals surface area contributed by atoms with Crippen LogP contribution in [-0.4, -0.2) is 27.4 Å². The summed E-state index contributed by atoms with van der Waals surface area (Å²) in [5.74, 6) is -0.867. The van der Waals surface area contributed by atoms with Crippen molar-refractivity contribution in [1.29, 1.82) is 0 Å². The van der Waals surface area contributed by atoms with E-state index in [0.717, 1.165) is 12.1 Å². The molecule has 1 N–H and O–H groups in total. The van der Waals surface area contributed by atoms with Crippen LogP contribution in [-0.2, 0) is 10.0 Å². The Labute approximate surface area is 139 Å². The van der Waals surface area contributed by atoms with Crippen LogP contribution in [0.1, 0.15) is 10.4 Å². The molecule has 0 radical (unpaired) electrons. The lowest BCUT2D eigenvalue weighted by molar-refractivity contribution is 0.0996. The highest BCUT2D eigenvalue weighted by atomic mass is 32.2. The SMILES string of the molecule is C=CCOc1cccc(C(=O)CNS(=O)(=O)c2ccccc2F)c1. The summed E-state index contributed by atoms with van der Waals surface area (Å²) in [4.78, 5) is 11.6. The van der Waals surface area contributed by atoms with Crippen LogP contribution in [0.5, 0.6) is 5.75 Å². The molecule has 0 atom stereocenters. The number of halogens is 1. The molecule has 2 aromatic carbocycles. The quantitative estimate of drug-likeness (QED) is 0.587.